The third-order valence-corrected chi connectivity index (χ3v) is 21.4. The molecule has 0 fully saturated rings. The molecule has 0 saturated carbocycles. The average Bonchev–Trinajstić information content (AvgIpc) is 0.980. The number of carbonyl (C=O) groups excluding carboxylic acids is 4. The van der Waals surface area contributed by atoms with Crippen molar-refractivity contribution >= 4 is 39.5 Å². The van der Waals surface area contributed by atoms with Gasteiger partial charge in [0.25, 0.3) is 0 Å². The average molecular weight is 1480 g/mol. The Morgan fingerprint density at radius 3 is 0.752 bits per heavy atom. The fraction of sp³-hybridized carbons (Fsp3) is 0.951. The predicted molar refractivity (Wildman–Crippen MR) is 414 cm³/mol. The van der Waals surface area contributed by atoms with Crippen LogP contribution in [0.5, 0.6) is 0 Å². The van der Waals surface area contributed by atoms with E-state index in [1.807, 2.05) is 0 Å². The van der Waals surface area contributed by atoms with Crippen LogP contribution in [-0.4, -0.2) is 96.7 Å². The van der Waals surface area contributed by atoms with E-state index in [2.05, 4.69) is 48.5 Å². The number of phosphoric ester groups is 2. The van der Waals surface area contributed by atoms with Crippen molar-refractivity contribution in [3.8, 4) is 0 Å². The minimum absolute atomic E-state index is 0.107. The molecule has 101 heavy (non-hydrogen) atoms. The van der Waals surface area contributed by atoms with Crippen molar-refractivity contribution in [2.24, 2.45) is 17.8 Å². The standard InChI is InChI=1S/C82H160O17P2/c1-8-10-11-12-13-14-15-28-35-42-49-56-63-79(84)92-69-78(99-82(87)66-59-52-45-38-31-24-26-33-40-47-54-61-74(5)6)72-97-101(90,91)95-68-76(83)67-94-100(88,89)96-71-77(70-93-80(85)64-57-50-43-36-29-22-18-16-20-25-32-39-46-53-60-73(3)4)98-81(86)65-58-51-44-37-30-23-19-17-21-27-34-41-48-55-62-75(7)9-2/h73-78,83H,8-72H2,1-7H3,(H,88,89)(H,90,91)/t75?,76-,77-,78-/m1/s1. The van der Waals surface area contributed by atoms with Crippen LogP contribution in [0.1, 0.15) is 427 Å². The summed E-state index contributed by atoms with van der Waals surface area (Å²) in [5, 5.41) is 10.7. The summed E-state index contributed by atoms with van der Waals surface area (Å²) in [6, 6.07) is 0. The molecule has 3 unspecified atom stereocenters. The molecule has 0 saturated heterocycles. The van der Waals surface area contributed by atoms with E-state index in [1.165, 1.54) is 238 Å². The van der Waals surface area contributed by atoms with E-state index < -0.39 is 97.5 Å². The normalized spacial score (nSPS) is 14.2. The Hall–Kier alpha value is -1.94. The van der Waals surface area contributed by atoms with Crippen molar-refractivity contribution in [1.29, 1.82) is 0 Å². The first-order valence-corrected chi connectivity index (χ1v) is 45.4. The number of hydrogen-bond donors (Lipinski definition) is 3. The summed E-state index contributed by atoms with van der Waals surface area (Å²) < 4.78 is 68.8. The van der Waals surface area contributed by atoms with Crippen molar-refractivity contribution < 1.29 is 80.2 Å². The Morgan fingerprint density at radius 2 is 0.505 bits per heavy atom. The molecular formula is C82H160O17P2. The van der Waals surface area contributed by atoms with Gasteiger partial charge >= 0.3 is 39.5 Å². The molecule has 0 heterocycles. The van der Waals surface area contributed by atoms with Crippen LogP contribution in [0.4, 0.5) is 0 Å². The van der Waals surface area contributed by atoms with E-state index in [9.17, 15) is 43.2 Å². The van der Waals surface area contributed by atoms with Gasteiger partial charge in [-0.25, -0.2) is 9.13 Å². The molecule has 0 aromatic carbocycles. The molecule has 17 nitrogen and oxygen atoms in total. The molecule has 0 spiro atoms. The van der Waals surface area contributed by atoms with Crippen LogP contribution in [0, 0.1) is 17.8 Å². The molecule has 0 aliphatic rings. The number of phosphoric acid groups is 2. The van der Waals surface area contributed by atoms with E-state index in [-0.39, 0.29) is 25.7 Å². The molecular weight excluding hydrogens is 1320 g/mol. The van der Waals surface area contributed by atoms with Crippen molar-refractivity contribution in [2.75, 3.05) is 39.6 Å². The number of ether oxygens (including phenoxy) is 4. The molecule has 0 aliphatic heterocycles. The van der Waals surface area contributed by atoms with Gasteiger partial charge in [0.15, 0.2) is 12.2 Å². The highest BCUT2D eigenvalue weighted by Crippen LogP contribution is 2.45. The lowest BCUT2D eigenvalue weighted by atomic mass is 9.99. The van der Waals surface area contributed by atoms with Crippen LogP contribution in [-0.2, 0) is 65.4 Å². The smallest absolute Gasteiger partial charge is 0.462 e. The Balaban J connectivity index is 5.27. The Bertz CT molecular complexity index is 1960. The molecule has 3 N–H and O–H groups in total. The molecule has 0 aromatic heterocycles. The molecule has 0 bridgehead atoms. The van der Waals surface area contributed by atoms with Gasteiger partial charge < -0.3 is 33.8 Å². The largest absolute Gasteiger partial charge is 0.472 e. The first-order valence-electron chi connectivity index (χ1n) is 42.4. The van der Waals surface area contributed by atoms with Crippen LogP contribution in [0.15, 0.2) is 0 Å². The van der Waals surface area contributed by atoms with Gasteiger partial charge in [0.1, 0.15) is 19.3 Å². The maximum atomic E-state index is 13.1. The number of unbranched alkanes of at least 4 members (excludes halogenated alkanes) is 47. The summed E-state index contributed by atoms with van der Waals surface area (Å²) in [7, 11) is -9.92. The van der Waals surface area contributed by atoms with E-state index in [1.54, 1.807) is 0 Å². The van der Waals surface area contributed by atoms with Gasteiger partial charge in [0.2, 0.25) is 0 Å². The van der Waals surface area contributed by atoms with Crippen molar-refractivity contribution in [3.05, 3.63) is 0 Å². The van der Waals surface area contributed by atoms with Gasteiger partial charge in [-0.3, -0.25) is 37.3 Å². The van der Waals surface area contributed by atoms with Crippen molar-refractivity contribution in [2.45, 2.75) is 446 Å². The zero-order valence-corrected chi connectivity index (χ0v) is 68.2. The summed E-state index contributed by atoms with van der Waals surface area (Å²) >= 11 is 0. The molecule has 0 rings (SSSR count). The molecule has 0 radical (unpaired) electrons. The lowest BCUT2D eigenvalue weighted by Gasteiger charge is -2.21. The molecule has 600 valence electrons. The zero-order chi connectivity index (χ0) is 74.4. The second-order valence-corrected chi connectivity index (χ2v) is 33.6. The summed E-state index contributed by atoms with van der Waals surface area (Å²) in [5.41, 5.74) is 0. The number of aliphatic hydroxyl groups is 1. The van der Waals surface area contributed by atoms with E-state index in [4.69, 9.17) is 37.0 Å². The van der Waals surface area contributed by atoms with E-state index in [0.717, 1.165) is 108 Å². The number of aliphatic hydroxyl groups excluding tert-OH is 1. The lowest BCUT2D eigenvalue weighted by molar-refractivity contribution is -0.161. The molecule has 19 heteroatoms. The third kappa shape index (κ3) is 74.7. The monoisotopic (exact) mass is 1480 g/mol. The first kappa shape index (κ1) is 99.1. The zero-order valence-electron chi connectivity index (χ0n) is 66.4. The number of hydrogen-bond acceptors (Lipinski definition) is 15. The highest BCUT2D eigenvalue weighted by atomic mass is 31.2. The Kier molecular flexibility index (Phi) is 70.9. The van der Waals surface area contributed by atoms with Crippen LogP contribution in [0.2, 0.25) is 0 Å². The first-order chi connectivity index (χ1) is 48.8. The highest BCUT2D eigenvalue weighted by molar-refractivity contribution is 7.47. The topological polar surface area (TPSA) is 237 Å². The number of rotatable bonds is 80. The van der Waals surface area contributed by atoms with Crippen molar-refractivity contribution in [3.63, 3.8) is 0 Å². The lowest BCUT2D eigenvalue weighted by Crippen LogP contribution is -2.30. The molecule has 0 aliphatic carbocycles. The maximum absolute atomic E-state index is 13.1. The van der Waals surface area contributed by atoms with Crippen LogP contribution < -0.4 is 0 Å². The summed E-state index contributed by atoms with van der Waals surface area (Å²) in [6.45, 7) is 12.0. The minimum atomic E-state index is -4.96. The molecule has 0 amide bonds. The minimum Gasteiger partial charge on any atom is -0.462 e. The number of esters is 4. The van der Waals surface area contributed by atoms with Crippen LogP contribution in [0.25, 0.3) is 0 Å². The highest BCUT2D eigenvalue weighted by Gasteiger charge is 2.30. The van der Waals surface area contributed by atoms with Gasteiger partial charge in [-0.05, 0) is 43.4 Å². The summed E-state index contributed by atoms with van der Waals surface area (Å²) in [6.07, 6.45) is 60.8. The van der Waals surface area contributed by atoms with Gasteiger partial charge in [-0.2, -0.15) is 0 Å². The molecule has 0 aromatic rings. The van der Waals surface area contributed by atoms with Gasteiger partial charge in [0.05, 0.1) is 26.4 Å². The fourth-order valence-electron chi connectivity index (χ4n) is 12.6. The second kappa shape index (κ2) is 72.3. The van der Waals surface area contributed by atoms with Gasteiger partial charge in [-0.15, -0.1) is 0 Å². The Labute approximate surface area is 619 Å². The fourth-order valence-corrected chi connectivity index (χ4v) is 14.2. The summed E-state index contributed by atoms with van der Waals surface area (Å²) in [4.78, 5) is 73.1. The van der Waals surface area contributed by atoms with Crippen LogP contribution in [0.3, 0.4) is 0 Å². The second-order valence-electron chi connectivity index (χ2n) is 30.7. The van der Waals surface area contributed by atoms with Crippen molar-refractivity contribution in [1.82, 2.24) is 0 Å². The maximum Gasteiger partial charge on any atom is 0.472 e. The summed E-state index contributed by atoms with van der Waals surface area (Å²) in [5.74, 6) is 0.303. The molecule has 6 atom stereocenters. The van der Waals surface area contributed by atoms with E-state index in [0.29, 0.717) is 25.7 Å². The third-order valence-electron chi connectivity index (χ3n) is 19.5. The van der Waals surface area contributed by atoms with Gasteiger partial charge in [0, 0.05) is 25.7 Å². The van der Waals surface area contributed by atoms with E-state index >= 15 is 0 Å². The Morgan fingerprint density at radius 1 is 0.287 bits per heavy atom. The number of carbonyl (C=O) groups is 4. The SMILES string of the molecule is CCCCCCCCCCCCCCC(=O)OC[C@H](COP(=O)(O)OC[C@H](O)COP(=O)(O)OC[C@@H](COC(=O)CCCCCCCCCCCCCCCCC(C)C)OC(=O)CCCCCCCCCCCCCCCCC(C)CC)OC(=O)CCCCCCCCCCCCCC(C)C. The predicted octanol–water partition coefficient (Wildman–Crippen LogP) is 24.5. The van der Waals surface area contributed by atoms with Gasteiger partial charge in [-0.1, -0.05) is 376 Å². The quantitative estimate of drug-likeness (QED) is 0.0222. The van der Waals surface area contributed by atoms with Crippen LogP contribution >= 0.6 is 15.6 Å².